The first-order valence-electron chi connectivity index (χ1n) is 9.25. The molecule has 1 unspecified atom stereocenters. The Balaban J connectivity index is 2.17. The molecule has 1 N–H and O–H groups in total. The zero-order chi connectivity index (χ0) is 20.2. The van der Waals surface area contributed by atoms with Crippen LogP contribution in [0.2, 0.25) is 0 Å². The van der Waals surface area contributed by atoms with E-state index < -0.39 is 16.0 Å². The first-order chi connectivity index (χ1) is 12.6. The van der Waals surface area contributed by atoms with Gasteiger partial charge < -0.3 is 10.0 Å². The van der Waals surface area contributed by atoms with Crippen molar-refractivity contribution in [2.45, 2.75) is 62.9 Å². The van der Waals surface area contributed by atoms with Crippen LogP contribution in [0.25, 0.3) is 0 Å². The molecule has 1 saturated heterocycles. The number of carboxylic acids is 1. The SMILES string of the molecule is CC(C)N(C)S(=O)(=O)c1ccc(C(=O)N2CCCCC2CCC(=O)O)cc1. The number of hydrogen-bond donors (Lipinski definition) is 1. The topological polar surface area (TPSA) is 95.0 Å². The maximum atomic E-state index is 12.9. The molecule has 0 saturated carbocycles. The lowest BCUT2D eigenvalue weighted by Crippen LogP contribution is -2.44. The number of sulfonamides is 1. The van der Waals surface area contributed by atoms with Gasteiger partial charge in [-0.2, -0.15) is 4.31 Å². The Hall–Kier alpha value is -1.93. The highest BCUT2D eigenvalue weighted by Gasteiger charge is 2.28. The van der Waals surface area contributed by atoms with Gasteiger partial charge in [0.2, 0.25) is 10.0 Å². The minimum Gasteiger partial charge on any atom is -0.481 e. The summed E-state index contributed by atoms with van der Waals surface area (Å²) in [6.07, 6.45) is 3.14. The predicted octanol–water partition coefficient (Wildman–Crippen LogP) is 2.58. The van der Waals surface area contributed by atoms with Gasteiger partial charge in [0.15, 0.2) is 0 Å². The lowest BCUT2D eigenvalue weighted by Gasteiger charge is -2.35. The number of piperidine rings is 1. The number of benzene rings is 1. The average molecular weight is 397 g/mol. The van der Waals surface area contributed by atoms with Crippen molar-refractivity contribution in [3.8, 4) is 0 Å². The highest BCUT2D eigenvalue weighted by Crippen LogP contribution is 2.24. The van der Waals surface area contributed by atoms with E-state index in [2.05, 4.69) is 0 Å². The minimum absolute atomic E-state index is 0.0349. The van der Waals surface area contributed by atoms with Gasteiger partial charge in [0, 0.05) is 37.7 Å². The fourth-order valence-corrected chi connectivity index (χ4v) is 4.60. The highest BCUT2D eigenvalue weighted by atomic mass is 32.2. The lowest BCUT2D eigenvalue weighted by atomic mass is 9.97. The molecule has 1 heterocycles. The highest BCUT2D eigenvalue weighted by molar-refractivity contribution is 7.89. The molecule has 1 fully saturated rings. The zero-order valence-electron chi connectivity index (χ0n) is 16.1. The first-order valence-corrected chi connectivity index (χ1v) is 10.7. The summed E-state index contributed by atoms with van der Waals surface area (Å²) in [5.74, 6) is -1.04. The smallest absolute Gasteiger partial charge is 0.303 e. The van der Waals surface area contributed by atoms with Crippen LogP contribution in [0.5, 0.6) is 0 Å². The third-order valence-corrected chi connectivity index (χ3v) is 7.13. The predicted molar refractivity (Wildman–Crippen MR) is 102 cm³/mol. The van der Waals surface area contributed by atoms with Crippen LogP contribution < -0.4 is 0 Å². The molecular weight excluding hydrogens is 368 g/mol. The molecule has 0 spiro atoms. The monoisotopic (exact) mass is 396 g/mol. The van der Waals surface area contributed by atoms with Crippen molar-refractivity contribution >= 4 is 21.9 Å². The Morgan fingerprint density at radius 2 is 1.85 bits per heavy atom. The van der Waals surface area contributed by atoms with Crippen LogP contribution in [0, 0.1) is 0 Å². The Morgan fingerprint density at radius 3 is 2.41 bits per heavy atom. The van der Waals surface area contributed by atoms with Crippen LogP contribution in [0.3, 0.4) is 0 Å². The van der Waals surface area contributed by atoms with Gasteiger partial charge in [0.25, 0.3) is 5.91 Å². The van der Waals surface area contributed by atoms with Gasteiger partial charge in [0.05, 0.1) is 4.90 Å². The second-order valence-corrected chi connectivity index (χ2v) is 9.22. The van der Waals surface area contributed by atoms with Gasteiger partial charge in [-0.1, -0.05) is 0 Å². The summed E-state index contributed by atoms with van der Waals surface area (Å²) in [7, 11) is -2.06. The molecular formula is C19H28N2O5S. The van der Waals surface area contributed by atoms with Crippen LogP contribution in [0.4, 0.5) is 0 Å². The summed E-state index contributed by atoms with van der Waals surface area (Å²) >= 11 is 0. The van der Waals surface area contributed by atoms with E-state index in [0.29, 0.717) is 18.5 Å². The summed E-state index contributed by atoms with van der Waals surface area (Å²) < 4.78 is 26.4. The van der Waals surface area contributed by atoms with E-state index in [9.17, 15) is 18.0 Å². The van der Waals surface area contributed by atoms with Crippen LogP contribution >= 0.6 is 0 Å². The summed E-state index contributed by atoms with van der Waals surface area (Å²) in [5.41, 5.74) is 0.420. The van der Waals surface area contributed by atoms with Crippen molar-refractivity contribution in [1.29, 1.82) is 0 Å². The molecule has 27 heavy (non-hydrogen) atoms. The molecule has 0 aromatic heterocycles. The largest absolute Gasteiger partial charge is 0.481 e. The molecule has 1 atom stereocenters. The molecule has 1 aromatic carbocycles. The van der Waals surface area contributed by atoms with Crippen LogP contribution in [-0.2, 0) is 14.8 Å². The van der Waals surface area contributed by atoms with E-state index in [1.54, 1.807) is 18.7 Å². The first kappa shape index (κ1) is 21.4. The summed E-state index contributed by atoms with van der Waals surface area (Å²) in [5, 5.41) is 8.91. The molecule has 0 radical (unpaired) electrons. The molecule has 7 nitrogen and oxygen atoms in total. The molecule has 150 valence electrons. The number of aliphatic carboxylic acids is 1. The van der Waals surface area contributed by atoms with Crippen LogP contribution in [0.15, 0.2) is 29.2 Å². The van der Waals surface area contributed by atoms with Crippen molar-refractivity contribution in [1.82, 2.24) is 9.21 Å². The molecule has 0 bridgehead atoms. The number of hydrogen-bond acceptors (Lipinski definition) is 4. The third kappa shape index (κ3) is 5.07. The number of carbonyl (C=O) groups is 2. The molecule has 1 aliphatic rings. The number of amides is 1. The summed E-state index contributed by atoms with van der Waals surface area (Å²) in [4.78, 5) is 25.6. The Bertz CT molecular complexity index is 774. The fraction of sp³-hybridized carbons (Fsp3) is 0.579. The molecule has 1 aliphatic heterocycles. The van der Waals surface area contributed by atoms with Crippen molar-refractivity contribution in [2.24, 2.45) is 0 Å². The Kier molecular flexibility index (Phi) is 7.00. The molecule has 8 heteroatoms. The number of rotatable bonds is 7. The van der Waals surface area contributed by atoms with Gasteiger partial charge in [-0.3, -0.25) is 9.59 Å². The quantitative estimate of drug-likeness (QED) is 0.764. The van der Waals surface area contributed by atoms with Crippen molar-refractivity contribution in [3.63, 3.8) is 0 Å². The van der Waals surface area contributed by atoms with Gasteiger partial charge in [-0.25, -0.2) is 8.42 Å². The molecule has 1 aromatic rings. The molecule has 0 aliphatic carbocycles. The van der Waals surface area contributed by atoms with Crippen molar-refractivity contribution < 1.29 is 23.1 Å². The van der Waals surface area contributed by atoms with E-state index in [1.165, 1.54) is 35.6 Å². The van der Waals surface area contributed by atoms with Gasteiger partial charge in [-0.05, 0) is 63.8 Å². The van der Waals surface area contributed by atoms with E-state index in [0.717, 1.165) is 19.3 Å². The number of likely N-dealkylation sites (tertiary alicyclic amines) is 1. The van der Waals surface area contributed by atoms with Gasteiger partial charge >= 0.3 is 5.97 Å². The Labute approximate surface area is 161 Å². The zero-order valence-corrected chi connectivity index (χ0v) is 16.9. The van der Waals surface area contributed by atoms with E-state index in [1.807, 2.05) is 0 Å². The van der Waals surface area contributed by atoms with Crippen molar-refractivity contribution in [2.75, 3.05) is 13.6 Å². The van der Waals surface area contributed by atoms with E-state index in [-0.39, 0.29) is 29.3 Å². The molecule has 2 rings (SSSR count). The summed E-state index contributed by atoms with van der Waals surface area (Å²) in [6, 6.07) is 5.73. The third-order valence-electron chi connectivity index (χ3n) is 5.08. The second kappa shape index (κ2) is 8.84. The Morgan fingerprint density at radius 1 is 1.22 bits per heavy atom. The minimum atomic E-state index is -3.59. The van der Waals surface area contributed by atoms with Crippen LogP contribution in [0.1, 0.15) is 56.3 Å². The standard InChI is InChI=1S/C19H28N2O5S/c1-14(2)20(3)27(25,26)17-10-7-15(8-11-17)19(24)21-13-5-4-6-16(21)9-12-18(22)23/h7-8,10-11,14,16H,4-6,9,12-13H2,1-3H3,(H,22,23). The fourth-order valence-electron chi connectivity index (χ4n) is 3.24. The maximum absolute atomic E-state index is 12.9. The van der Waals surface area contributed by atoms with E-state index >= 15 is 0 Å². The maximum Gasteiger partial charge on any atom is 0.303 e. The summed E-state index contributed by atoms with van der Waals surface area (Å²) in [6.45, 7) is 4.19. The van der Waals surface area contributed by atoms with Crippen molar-refractivity contribution in [3.05, 3.63) is 29.8 Å². The average Bonchev–Trinajstić information content (AvgIpc) is 2.65. The van der Waals surface area contributed by atoms with Gasteiger partial charge in [-0.15, -0.1) is 0 Å². The van der Waals surface area contributed by atoms with Crippen LogP contribution in [-0.4, -0.2) is 60.3 Å². The second-order valence-electron chi connectivity index (χ2n) is 7.22. The number of carbonyl (C=O) groups excluding carboxylic acids is 1. The van der Waals surface area contributed by atoms with E-state index in [4.69, 9.17) is 5.11 Å². The molecule has 1 amide bonds. The van der Waals surface area contributed by atoms with Gasteiger partial charge in [0.1, 0.15) is 0 Å². The number of carboxylic acid groups (broad SMARTS) is 1. The number of nitrogens with zero attached hydrogens (tertiary/aromatic N) is 2. The lowest BCUT2D eigenvalue weighted by molar-refractivity contribution is -0.137. The normalized spacial score (nSPS) is 18.1.